The molecule has 1 atom stereocenters. The second-order valence-electron chi connectivity index (χ2n) is 4.82. The molecular weight excluding hydrogens is 216 g/mol. The van der Waals surface area contributed by atoms with Crippen LogP contribution in [0.15, 0.2) is 30.3 Å². The molecule has 0 N–H and O–H groups in total. The van der Waals surface area contributed by atoms with Gasteiger partial charge in [0.05, 0.1) is 0 Å². The van der Waals surface area contributed by atoms with Crippen LogP contribution < -0.4 is 0 Å². The lowest BCUT2D eigenvalue weighted by Gasteiger charge is -2.24. The zero-order chi connectivity index (χ0) is 14.1. The van der Waals surface area contributed by atoms with Gasteiger partial charge in [-0.3, -0.25) is 0 Å². The van der Waals surface area contributed by atoms with E-state index in [2.05, 4.69) is 65.0 Å². The van der Waals surface area contributed by atoms with Gasteiger partial charge < -0.3 is 0 Å². The van der Waals surface area contributed by atoms with Gasteiger partial charge in [-0.25, -0.2) is 0 Å². The van der Waals surface area contributed by atoms with Gasteiger partial charge in [0.2, 0.25) is 0 Å². The third kappa shape index (κ3) is 4.33. The SMILES string of the molecule is C/C=C(\c1ccccc1C)C(CC)C(C)C.CC. The first kappa shape index (κ1) is 17.0. The Bertz CT molecular complexity index is 358. The van der Waals surface area contributed by atoms with Crippen LogP contribution in [0, 0.1) is 18.8 Å². The van der Waals surface area contributed by atoms with E-state index in [1.165, 1.54) is 23.1 Å². The number of hydrogen-bond acceptors (Lipinski definition) is 0. The molecule has 0 heteroatoms. The van der Waals surface area contributed by atoms with Crippen molar-refractivity contribution in [3.8, 4) is 0 Å². The van der Waals surface area contributed by atoms with Gasteiger partial charge in [0.25, 0.3) is 0 Å². The lowest BCUT2D eigenvalue weighted by atomic mass is 9.81. The van der Waals surface area contributed by atoms with Crippen LogP contribution in [0.5, 0.6) is 0 Å². The fourth-order valence-corrected chi connectivity index (χ4v) is 2.52. The van der Waals surface area contributed by atoms with Crippen LogP contribution >= 0.6 is 0 Å². The summed E-state index contributed by atoms with van der Waals surface area (Å²) in [6.07, 6.45) is 3.50. The number of benzene rings is 1. The molecule has 0 saturated carbocycles. The Hall–Kier alpha value is -1.04. The van der Waals surface area contributed by atoms with Crippen LogP contribution in [0.3, 0.4) is 0 Å². The van der Waals surface area contributed by atoms with E-state index in [9.17, 15) is 0 Å². The predicted octanol–water partition coefficient (Wildman–Crippen LogP) is 6.11. The number of allylic oxidation sites excluding steroid dienone is 2. The van der Waals surface area contributed by atoms with Crippen molar-refractivity contribution in [3.63, 3.8) is 0 Å². The lowest BCUT2D eigenvalue weighted by molar-refractivity contribution is 0.466. The fourth-order valence-electron chi connectivity index (χ4n) is 2.52. The van der Waals surface area contributed by atoms with Gasteiger partial charge in [-0.15, -0.1) is 0 Å². The standard InChI is InChI=1S/C16H24.C2H6/c1-6-14(12(3)4)15(7-2)16-11-9-8-10-13(16)5;1-2/h7-12,14H,6H2,1-5H3;1-2H3/b15-7-;. The van der Waals surface area contributed by atoms with Gasteiger partial charge in [0, 0.05) is 0 Å². The van der Waals surface area contributed by atoms with Gasteiger partial charge in [-0.1, -0.05) is 65.0 Å². The van der Waals surface area contributed by atoms with Crippen LogP contribution in [0.2, 0.25) is 0 Å². The van der Waals surface area contributed by atoms with Crippen LogP contribution in [0.1, 0.15) is 59.1 Å². The van der Waals surface area contributed by atoms with Crippen LogP contribution in [-0.2, 0) is 0 Å². The molecule has 0 spiro atoms. The maximum Gasteiger partial charge on any atom is -0.0139 e. The summed E-state index contributed by atoms with van der Waals surface area (Å²) in [6, 6.07) is 8.70. The highest BCUT2D eigenvalue weighted by Crippen LogP contribution is 2.33. The number of hydrogen-bond donors (Lipinski definition) is 0. The van der Waals surface area contributed by atoms with Crippen molar-refractivity contribution in [3.05, 3.63) is 41.5 Å². The highest BCUT2D eigenvalue weighted by molar-refractivity contribution is 5.69. The Labute approximate surface area is 114 Å². The smallest absolute Gasteiger partial charge is 0.0139 e. The molecule has 0 saturated heterocycles. The molecule has 102 valence electrons. The first-order valence-electron chi connectivity index (χ1n) is 7.34. The third-order valence-corrected chi connectivity index (χ3v) is 3.41. The summed E-state index contributed by atoms with van der Waals surface area (Å²) in [6.45, 7) is 15.3. The highest BCUT2D eigenvalue weighted by atomic mass is 14.2. The van der Waals surface area contributed by atoms with Gasteiger partial charge in [-0.2, -0.15) is 0 Å². The molecule has 18 heavy (non-hydrogen) atoms. The maximum atomic E-state index is 2.32. The summed E-state index contributed by atoms with van der Waals surface area (Å²) in [4.78, 5) is 0. The molecule has 0 aliphatic carbocycles. The normalized spacial score (nSPS) is 13.0. The Kier molecular flexibility index (Phi) is 8.45. The molecule has 1 unspecified atom stereocenters. The summed E-state index contributed by atoms with van der Waals surface area (Å²) in [5.41, 5.74) is 4.32. The van der Waals surface area contributed by atoms with Gasteiger partial charge in [0.1, 0.15) is 0 Å². The fraction of sp³-hybridized carbons (Fsp3) is 0.556. The topological polar surface area (TPSA) is 0 Å². The zero-order valence-corrected chi connectivity index (χ0v) is 13.2. The Morgan fingerprint density at radius 2 is 1.72 bits per heavy atom. The molecule has 0 aromatic heterocycles. The molecule has 0 aliphatic rings. The van der Waals surface area contributed by atoms with E-state index in [0.717, 1.165) is 0 Å². The molecule has 0 aliphatic heterocycles. The van der Waals surface area contributed by atoms with Crippen LogP contribution in [-0.4, -0.2) is 0 Å². The molecular formula is C18H30. The average Bonchev–Trinajstić information content (AvgIpc) is 2.39. The minimum Gasteiger partial charge on any atom is -0.0835 e. The summed E-state index contributed by atoms with van der Waals surface area (Å²) in [5.74, 6) is 1.38. The predicted molar refractivity (Wildman–Crippen MR) is 84.8 cm³/mol. The van der Waals surface area contributed by atoms with Gasteiger partial charge in [0.15, 0.2) is 0 Å². The average molecular weight is 246 g/mol. The van der Waals surface area contributed by atoms with Crippen molar-refractivity contribution >= 4 is 5.57 Å². The maximum absolute atomic E-state index is 2.32. The summed E-state index contributed by atoms with van der Waals surface area (Å²) in [7, 11) is 0. The van der Waals surface area contributed by atoms with Crippen LogP contribution in [0.4, 0.5) is 0 Å². The second kappa shape index (κ2) is 8.97. The van der Waals surface area contributed by atoms with Crippen molar-refractivity contribution in [1.82, 2.24) is 0 Å². The molecule has 1 rings (SSSR count). The van der Waals surface area contributed by atoms with Crippen molar-refractivity contribution in [1.29, 1.82) is 0 Å². The Balaban J connectivity index is 0.00000137. The van der Waals surface area contributed by atoms with E-state index in [-0.39, 0.29) is 0 Å². The first-order valence-corrected chi connectivity index (χ1v) is 7.34. The van der Waals surface area contributed by atoms with E-state index < -0.39 is 0 Å². The van der Waals surface area contributed by atoms with E-state index in [0.29, 0.717) is 11.8 Å². The summed E-state index contributed by atoms with van der Waals surface area (Å²) >= 11 is 0. The monoisotopic (exact) mass is 246 g/mol. The van der Waals surface area contributed by atoms with Crippen molar-refractivity contribution in [2.24, 2.45) is 11.8 Å². The lowest BCUT2D eigenvalue weighted by Crippen LogP contribution is -2.10. The number of rotatable bonds is 4. The molecule has 1 aromatic rings. The van der Waals surface area contributed by atoms with E-state index in [4.69, 9.17) is 0 Å². The van der Waals surface area contributed by atoms with E-state index >= 15 is 0 Å². The molecule has 0 heterocycles. The molecule has 1 aromatic carbocycles. The first-order chi connectivity index (χ1) is 8.61. The van der Waals surface area contributed by atoms with Crippen molar-refractivity contribution in [2.75, 3.05) is 0 Å². The molecule has 0 fully saturated rings. The zero-order valence-electron chi connectivity index (χ0n) is 13.2. The number of aryl methyl sites for hydroxylation is 1. The highest BCUT2D eigenvalue weighted by Gasteiger charge is 2.17. The minimum atomic E-state index is 0.672. The van der Waals surface area contributed by atoms with Crippen LogP contribution in [0.25, 0.3) is 5.57 Å². The summed E-state index contributed by atoms with van der Waals surface area (Å²) < 4.78 is 0. The van der Waals surface area contributed by atoms with E-state index in [1.807, 2.05) is 13.8 Å². The van der Waals surface area contributed by atoms with Crippen molar-refractivity contribution < 1.29 is 0 Å². The largest absolute Gasteiger partial charge is 0.0835 e. The Morgan fingerprint density at radius 1 is 1.17 bits per heavy atom. The minimum absolute atomic E-state index is 0.672. The second-order valence-corrected chi connectivity index (χ2v) is 4.82. The molecule has 0 amide bonds. The molecule has 0 nitrogen and oxygen atoms in total. The van der Waals surface area contributed by atoms with Gasteiger partial charge >= 0.3 is 0 Å². The van der Waals surface area contributed by atoms with Crippen molar-refractivity contribution in [2.45, 2.75) is 54.9 Å². The van der Waals surface area contributed by atoms with Gasteiger partial charge in [-0.05, 0) is 48.8 Å². The summed E-state index contributed by atoms with van der Waals surface area (Å²) in [5, 5.41) is 0. The van der Waals surface area contributed by atoms with E-state index in [1.54, 1.807) is 0 Å². The third-order valence-electron chi connectivity index (χ3n) is 3.41. The quantitative estimate of drug-likeness (QED) is 0.601. The molecule has 0 bridgehead atoms. The Morgan fingerprint density at radius 3 is 2.11 bits per heavy atom. The molecule has 0 radical (unpaired) electrons.